The van der Waals surface area contributed by atoms with Gasteiger partial charge >= 0.3 is 12.1 Å². The Balaban J connectivity index is 3.81. The van der Waals surface area contributed by atoms with Crippen LogP contribution >= 0.6 is 0 Å². The molecule has 118 valence electrons. The number of nitrogens with two attached hydrogens (primary N) is 2. The SMILES string of the molecule is CN(C)N(CCCCCCN(C(N)=O)N(C)C)C(N)=O. The van der Waals surface area contributed by atoms with Gasteiger partial charge in [0.15, 0.2) is 0 Å². The fourth-order valence-corrected chi connectivity index (χ4v) is 1.89. The van der Waals surface area contributed by atoms with Gasteiger partial charge in [-0.1, -0.05) is 12.8 Å². The Labute approximate surface area is 121 Å². The highest BCUT2D eigenvalue weighted by Crippen LogP contribution is 2.05. The van der Waals surface area contributed by atoms with Gasteiger partial charge in [0.1, 0.15) is 0 Å². The minimum atomic E-state index is -0.442. The van der Waals surface area contributed by atoms with Crippen LogP contribution in [0.5, 0.6) is 0 Å². The maximum atomic E-state index is 11.1. The van der Waals surface area contributed by atoms with Gasteiger partial charge in [-0.2, -0.15) is 0 Å². The summed E-state index contributed by atoms with van der Waals surface area (Å²) in [5, 5.41) is 6.36. The van der Waals surface area contributed by atoms with E-state index in [1.54, 1.807) is 38.2 Å². The highest BCUT2D eigenvalue weighted by atomic mass is 16.2. The normalized spacial score (nSPS) is 10.9. The number of hydrogen-bond acceptors (Lipinski definition) is 4. The first-order chi connectivity index (χ1) is 9.27. The van der Waals surface area contributed by atoms with Crippen molar-refractivity contribution in [3.05, 3.63) is 0 Å². The maximum absolute atomic E-state index is 11.1. The second kappa shape index (κ2) is 9.38. The van der Waals surface area contributed by atoms with E-state index in [0.29, 0.717) is 13.1 Å². The molecule has 0 aromatic carbocycles. The van der Waals surface area contributed by atoms with Crippen LogP contribution in [0.25, 0.3) is 0 Å². The number of carbonyl (C=O) groups is 2. The van der Waals surface area contributed by atoms with E-state index in [9.17, 15) is 9.59 Å². The molecule has 0 aromatic rings. The molecule has 4 N–H and O–H groups in total. The van der Waals surface area contributed by atoms with Crippen LogP contribution in [0.2, 0.25) is 0 Å². The van der Waals surface area contributed by atoms with Crippen LogP contribution in [0, 0.1) is 0 Å². The minimum Gasteiger partial charge on any atom is -0.350 e. The lowest BCUT2D eigenvalue weighted by Gasteiger charge is -2.27. The summed E-state index contributed by atoms with van der Waals surface area (Å²) in [5.74, 6) is 0. The van der Waals surface area contributed by atoms with Crippen molar-refractivity contribution in [1.82, 2.24) is 20.0 Å². The Morgan fingerprint density at radius 1 is 0.700 bits per heavy atom. The fraction of sp³-hybridized carbons (Fsp3) is 0.833. The lowest BCUT2D eigenvalue weighted by atomic mass is 10.2. The van der Waals surface area contributed by atoms with Crippen LogP contribution in [0.4, 0.5) is 9.59 Å². The molecule has 0 aliphatic carbocycles. The first kappa shape index (κ1) is 18.5. The second-order valence-corrected chi connectivity index (χ2v) is 5.03. The Morgan fingerprint density at radius 2 is 1.00 bits per heavy atom. The van der Waals surface area contributed by atoms with Gasteiger partial charge in [0.25, 0.3) is 0 Å². The summed E-state index contributed by atoms with van der Waals surface area (Å²) < 4.78 is 0. The number of unbranched alkanes of at least 4 members (excludes halogenated alkanes) is 3. The number of rotatable bonds is 9. The molecule has 0 fully saturated rings. The maximum Gasteiger partial charge on any atom is 0.329 e. The first-order valence-electron chi connectivity index (χ1n) is 6.75. The van der Waals surface area contributed by atoms with E-state index in [0.717, 1.165) is 25.7 Å². The summed E-state index contributed by atoms with van der Waals surface area (Å²) in [6, 6.07) is -0.884. The number of primary amides is 2. The van der Waals surface area contributed by atoms with E-state index in [1.807, 2.05) is 0 Å². The zero-order chi connectivity index (χ0) is 15.7. The highest BCUT2D eigenvalue weighted by Gasteiger charge is 2.12. The van der Waals surface area contributed by atoms with Gasteiger partial charge in [-0.3, -0.25) is 10.0 Å². The monoisotopic (exact) mass is 288 g/mol. The summed E-state index contributed by atoms with van der Waals surface area (Å²) in [7, 11) is 7.14. The van der Waals surface area contributed by atoms with E-state index in [4.69, 9.17) is 11.5 Å². The number of hydrazine groups is 2. The Bertz CT molecular complexity index is 278. The van der Waals surface area contributed by atoms with Gasteiger partial charge in [-0.15, -0.1) is 0 Å². The van der Waals surface area contributed by atoms with E-state index < -0.39 is 12.1 Å². The van der Waals surface area contributed by atoms with Crippen LogP contribution < -0.4 is 11.5 Å². The standard InChI is InChI=1S/C12H28N6O2/c1-15(2)17(11(13)19)9-7-5-6-8-10-18(12(14)20)16(3)4/h5-10H2,1-4H3,(H2,13,19)(H2,14,20). The van der Waals surface area contributed by atoms with Gasteiger partial charge in [0.05, 0.1) is 0 Å². The molecule has 0 heterocycles. The van der Waals surface area contributed by atoms with Crippen molar-refractivity contribution in [3.8, 4) is 0 Å². The molecule has 0 radical (unpaired) electrons. The molecule has 8 heteroatoms. The van der Waals surface area contributed by atoms with Crippen molar-refractivity contribution >= 4 is 12.1 Å². The Morgan fingerprint density at radius 3 is 1.20 bits per heavy atom. The third-order valence-electron chi connectivity index (χ3n) is 2.96. The topological polar surface area (TPSA) is 99.1 Å². The molecule has 20 heavy (non-hydrogen) atoms. The van der Waals surface area contributed by atoms with Crippen LogP contribution in [0.3, 0.4) is 0 Å². The zero-order valence-electron chi connectivity index (χ0n) is 13.0. The van der Waals surface area contributed by atoms with E-state index in [2.05, 4.69) is 0 Å². The Kier molecular flexibility index (Phi) is 8.66. The third kappa shape index (κ3) is 7.15. The fourth-order valence-electron chi connectivity index (χ4n) is 1.89. The van der Waals surface area contributed by atoms with Crippen molar-refractivity contribution < 1.29 is 9.59 Å². The van der Waals surface area contributed by atoms with E-state index >= 15 is 0 Å². The summed E-state index contributed by atoms with van der Waals surface area (Å²) in [6.07, 6.45) is 3.69. The van der Waals surface area contributed by atoms with Crippen molar-refractivity contribution in [2.75, 3.05) is 41.3 Å². The molecular weight excluding hydrogens is 260 g/mol. The second-order valence-electron chi connectivity index (χ2n) is 5.03. The van der Waals surface area contributed by atoms with Crippen LogP contribution in [-0.2, 0) is 0 Å². The smallest absolute Gasteiger partial charge is 0.329 e. The summed E-state index contributed by atoms with van der Waals surface area (Å²) >= 11 is 0. The molecule has 0 aromatic heterocycles. The first-order valence-corrected chi connectivity index (χ1v) is 6.75. The van der Waals surface area contributed by atoms with Crippen molar-refractivity contribution in [2.45, 2.75) is 25.7 Å². The summed E-state index contributed by atoms with van der Waals surface area (Å²) in [5.41, 5.74) is 10.5. The van der Waals surface area contributed by atoms with E-state index in [-0.39, 0.29) is 0 Å². The molecule has 0 aliphatic heterocycles. The van der Waals surface area contributed by atoms with Crippen molar-refractivity contribution in [3.63, 3.8) is 0 Å². The van der Waals surface area contributed by atoms with Gasteiger partial charge in [-0.25, -0.2) is 19.6 Å². The number of nitrogens with zero attached hydrogens (tertiary/aromatic N) is 4. The molecule has 0 bridgehead atoms. The molecular formula is C12H28N6O2. The predicted octanol–water partition coefficient (Wildman–Crippen LogP) is 0.261. The molecule has 0 aliphatic rings. The summed E-state index contributed by atoms with van der Waals surface area (Å²) in [6.45, 7) is 1.21. The van der Waals surface area contributed by atoms with Crippen LogP contribution in [-0.4, -0.2) is 73.4 Å². The highest BCUT2D eigenvalue weighted by molar-refractivity contribution is 5.71. The van der Waals surface area contributed by atoms with Gasteiger partial charge in [-0.05, 0) is 12.8 Å². The lowest BCUT2D eigenvalue weighted by molar-refractivity contribution is 0.0629. The largest absolute Gasteiger partial charge is 0.350 e. The molecule has 0 unspecified atom stereocenters. The number of hydrogen-bond donors (Lipinski definition) is 2. The van der Waals surface area contributed by atoms with Crippen LogP contribution in [0.15, 0.2) is 0 Å². The van der Waals surface area contributed by atoms with Crippen molar-refractivity contribution in [2.24, 2.45) is 11.5 Å². The van der Waals surface area contributed by atoms with Crippen molar-refractivity contribution in [1.29, 1.82) is 0 Å². The quantitative estimate of drug-likeness (QED) is 0.469. The molecule has 8 nitrogen and oxygen atoms in total. The molecule has 0 saturated carbocycles. The van der Waals surface area contributed by atoms with Gasteiger partial charge in [0.2, 0.25) is 0 Å². The summed E-state index contributed by atoms with van der Waals surface area (Å²) in [4.78, 5) is 22.3. The van der Waals surface area contributed by atoms with E-state index in [1.165, 1.54) is 10.0 Å². The molecule has 0 atom stereocenters. The average molecular weight is 288 g/mol. The number of urea groups is 2. The molecule has 4 amide bonds. The molecule has 0 spiro atoms. The zero-order valence-corrected chi connectivity index (χ0v) is 13.0. The predicted molar refractivity (Wildman–Crippen MR) is 78.4 cm³/mol. The van der Waals surface area contributed by atoms with Crippen LogP contribution in [0.1, 0.15) is 25.7 Å². The number of amides is 4. The lowest BCUT2D eigenvalue weighted by Crippen LogP contribution is -2.45. The third-order valence-corrected chi connectivity index (χ3v) is 2.96. The Hall–Kier alpha value is -1.54. The molecule has 0 saturated heterocycles. The average Bonchev–Trinajstić information content (AvgIpc) is 2.30. The number of carbonyl (C=O) groups excluding carboxylic acids is 2. The van der Waals surface area contributed by atoms with Gasteiger partial charge in [0, 0.05) is 41.3 Å². The minimum absolute atomic E-state index is 0.442. The van der Waals surface area contributed by atoms with Gasteiger partial charge < -0.3 is 11.5 Å². The molecule has 0 rings (SSSR count).